The molecule has 2 aliphatic heterocycles. The number of nitrogens with zero attached hydrogens (tertiary/aromatic N) is 1. The fraction of sp³-hybridized carbons (Fsp3) is 0.516. The lowest BCUT2D eigenvalue weighted by atomic mass is 9.37. The molecule has 2 aromatic rings. The van der Waals surface area contributed by atoms with Crippen LogP contribution in [0.4, 0.5) is 0 Å². The van der Waals surface area contributed by atoms with E-state index in [-0.39, 0.29) is 32.7 Å². The van der Waals surface area contributed by atoms with Gasteiger partial charge in [-0.15, -0.1) is 0 Å². The Morgan fingerprint density at radius 3 is 2.62 bits per heavy atom. The molecule has 0 radical (unpaired) electrons. The van der Waals surface area contributed by atoms with Crippen LogP contribution in [0.25, 0.3) is 0 Å². The van der Waals surface area contributed by atoms with Gasteiger partial charge >= 0.3 is 5.97 Å². The van der Waals surface area contributed by atoms with E-state index in [1.807, 2.05) is 0 Å². The van der Waals surface area contributed by atoms with E-state index in [0.29, 0.717) is 23.1 Å². The normalized spacial score (nSPS) is 35.4. The van der Waals surface area contributed by atoms with Crippen LogP contribution >= 0.6 is 34.8 Å². The minimum atomic E-state index is -0.937. The molecule has 5 nitrogen and oxygen atoms in total. The topological polar surface area (TPSA) is 48.0 Å². The quantitative estimate of drug-likeness (QED) is 0.288. The van der Waals surface area contributed by atoms with Crippen molar-refractivity contribution in [2.45, 2.75) is 68.6 Å². The van der Waals surface area contributed by atoms with E-state index < -0.39 is 11.6 Å². The van der Waals surface area contributed by atoms with Crippen molar-refractivity contribution in [2.24, 2.45) is 11.3 Å². The van der Waals surface area contributed by atoms with Gasteiger partial charge in [0, 0.05) is 35.7 Å². The summed E-state index contributed by atoms with van der Waals surface area (Å²) in [5.41, 5.74) is 2.99. The number of likely N-dealkylation sites (tertiary alicyclic amines) is 1. The van der Waals surface area contributed by atoms with Crippen LogP contribution in [-0.4, -0.2) is 48.8 Å². The van der Waals surface area contributed by atoms with Gasteiger partial charge in [0.2, 0.25) is 0 Å². The van der Waals surface area contributed by atoms with Crippen LogP contribution in [0.15, 0.2) is 35.9 Å². The van der Waals surface area contributed by atoms with Crippen LogP contribution in [0.3, 0.4) is 0 Å². The summed E-state index contributed by atoms with van der Waals surface area (Å²) in [5, 5.41) is 0.765. The van der Waals surface area contributed by atoms with Crippen molar-refractivity contribution in [1.29, 1.82) is 0 Å². The zero-order valence-electron chi connectivity index (χ0n) is 22.0. The van der Waals surface area contributed by atoms with Gasteiger partial charge in [-0.2, -0.15) is 0 Å². The van der Waals surface area contributed by atoms with Gasteiger partial charge in [0.25, 0.3) is 0 Å². The Bertz CT molecular complexity index is 1460. The Labute approximate surface area is 243 Å². The van der Waals surface area contributed by atoms with Gasteiger partial charge in [-0.25, -0.2) is 4.79 Å². The largest absolute Gasteiger partial charge is 0.485 e. The van der Waals surface area contributed by atoms with Crippen molar-refractivity contribution in [3.8, 4) is 11.5 Å². The molecule has 5 aliphatic carbocycles. The SMILES string of the molecule is CO[C@]12CC[C@@]3(C=C1C(=O)Oc1c(Cl)cc(Cl)cc1Cl)[C@H]1Cc4ccc(C)c5c4[C@@]3(CCN1CC1CC1)[C@H]2O5. The number of rotatable bonds is 5. The first kappa shape index (κ1) is 25.0. The van der Waals surface area contributed by atoms with E-state index in [9.17, 15) is 4.79 Å². The number of esters is 1. The molecule has 9 rings (SSSR count). The van der Waals surface area contributed by atoms with Gasteiger partial charge < -0.3 is 14.2 Å². The van der Waals surface area contributed by atoms with E-state index in [0.717, 1.165) is 49.6 Å². The third-order valence-electron chi connectivity index (χ3n) is 10.8. The summed E-state index contributed by atoms with van der Waals surface area (Å²) in [5.74, 6) is 1.40. The first-order chi connectivity index (χ1) is 18.7. The van der Waals surface area contributed by atoms with Crippen molar-refractivity contribution in [2.75, 3.05) is 20.2 Å². The molecule has 4 bridgehead atoms. The Kier molecular flexibility index (Phi) is 5.23. The molecule has 0 unspecified atom stereocenters. The van der Waals surface area contributed by atoms with Crippen molar-refractivity contribution < 1.29 is 19.0 Å². The summed E-state index contributed by atoms with van der Waals surface area (Å²) in [4.78, 5) is 16.8. The number of benzene rings is 2. The Morgan fingerprint density at radius 1 is 1.13 bits per heavy atom. The first-order valence-corrected chi connectivity index (χ1v) is 15.1. The molecule has 2 aromatic carbocycles. The number of ether oxygens (including phenoxy) is 3. The standard InChI is InChI=1S/C31H30Cl3NO4/c1-16-3-6-18-11-23-29-7-8-31(37-2,20(14-29)27(36)38-26-21(33)12-19(32)13-22(26)34)28-30(29,24(18)25(16)39-28)9-10-35(23)15-17-4-5-17/h3,6,12-14,17,23,28H,4-5,7-11,15H2,1-2H3/t23-,28-,29-,30+,31-/m1/s1. The van der Waals surface area contributed by atoms with Gasteiger partial charge in [0.05, 0.1) is 21.0 Å². The minimum absolute atomic E-state index is 0.113. The number of aryl methyl sites for hydroxylation is 1. The molecule has 0 N–H and O–H groups in total. The highest BCUT2D eigenvalue weighted by Gasteiger charge is 2.79. The number of hydrogen-bond acceptors (Lipinski definition) is 5. The molecule has 7 aliphatic rings. The maximum absolute atomic E-state index is 14.1. The summed E-state index contributed by atoms with van der Waals surface area (Å²) < 4.78 is 19.3. The van der Waals surface area contributed by atoms with Gasteiger partial charge in [-0.05, 0) is 81.2 Å². The number of piperidine rings is 1. The molecule has 5 atom stereocenters. The van der Waals surface area contributed by atoms with E-state index in [4.69, 9.17) is 49.0 Å². The summed E-state index contributed by atoms with van der Waals surface area (Å²) in [6.07, 6.45) is 8.14. The molecule has 2 heterocycles. The predicted molar refractivity (Wildman–Crippen MR) is 150 cm³/mol. The molecule has 3 fully saturated rings. The Morgan fingerprint density at radius 2 is 1.90 bits per heavy atom. The Hall–Kier alpha value is -1.76. The lowest BCUT2D eigenvalue weighted by Crippen LogP contribution is -2.78. The smallest absolute Gasteiger partial charge is 0.342 e. The molecule has 0 amide bonds. The van der Waals surface area contributed by atoms with E-state index in [2.05, 4.69) is 30.0 Å². The van der Waals surface area contributed by atoms with Crippen LogP contribution < -0.4 is 9.47 Å². The maximum atomic E-state index is 14.1. The zero-order valence-corrected chi connectivity index (χ0v) is 24.3. The lowest BCUT2D eigenvalue weighted by molar-refractivity contribution is -0.198. The molecular weight excluding hydrogens is 557 g/mol. The first-order valence-electron chi connectivity index (χ1n) is 13.9. The van der Waals surface area contributed by atoms with Crippen LogP contribution in [0, 0.1) is 18.3 Å². The molecule has 2 spiro atoms. The molecule has 204 valence electrons. The summed E-state index contributed by atoms with van der Waals surface area (Å²) >= 11 is 18.9. The fourth-order valence-electron chi connectivity index (χ4n) is 9.01. The highest BCUT2D eigenvalue weighted by molar-refractivity contribution is 6.40. The maximum Gasteiger partial charge on any atom is 0.342 e. The van der Waals surface area contributed by atoms with E-state index in [1.165, 1.54) is 36.1 Å². The van der Waals surface area contributed by atoms with E-state index >= 15 is 0 Å². The zero-order chi connectivity index (χ0) is 26.9. The van der Waals surface area contributed by atoms with Gasteiger partial charge in [-0.1, -0.05) is 53.0 Å². The monoisotopic (exact) mass is 585 g/mol. The highest BCUT2D eigenvalue weighted by Crippen LogP contribution is 2.74. The van der Waals surface area contributed by atoms with Crippen molar-refractivity contribution >= 4 is 40.8 Å². The third kappa shape index (κ3) is 3.04. The molecule has 2 saturated carbocycles. The minimum Gasteiger partial charge on any atom is -0.485 e. The van der Waals surface area contributed by atoms with Gasteiger partial charge in [0.1, 0.15) is 17.5 Å². The number of carbonyl (C=O) groups excluding carboxylic acids is 1. The molecule has 39 heavy (non-hydrogen) atoms. The molecule has 8 heteroatoms. The van der Waals surface area contributed by atoms with Gasteiger partial charge in [-0.3, -0.25) is 4.90 Å². The second-order valence-corrected chi connectivity index (χ2v) is 13.7. The van der Waals surface area contributed by atoms with Crippen molar-refractivity contribution in [3.63, 3.8) is 0 Å². The number of carbonyl (C=O) groups is 1. The fourth-order valence-corrected chi connectivity index (χ4v) is 9.90. The molecule has 1 saturated heterocycles. The average Bonchev–Trinajstić information content (AvgIpc) is 3.65. The summed E-state index contributed by atoms with van der Waals surface area (Å²) in [7, 11) is 1.70. The number of halogens is 3. The summed E-state index contributed by atoms with van der Waals surface area (Å²) in [6.45, 7) is 4.29. The van der Waals surface area contributed by atoms with Crippen LogP contribution in [-0.2, 0) is 21.4 Å². The number of fused-ring (bicyclic) bond motifs is 1. The number of hydrogen-bond donors (Lipinski definition) is 0. The Balaban J connectivity index is 1.32. The van der Waals surface area contributed by atoms with E-state index in [1.54, 1.807) is 7.11 Å². The summed E-state index contributed by atoms with van der Waals surface area (Å²) in [6, 6.07) is 7.85. The van der Waals surface area contributed by atoms with Gasteiger partial charge in [0.15, 0.2) is 5.75 Å². The lowest BCUT2D eigenvalue weighted by Gasteiger charge is -2.70. The average molecular weight is 587 g/mol. The highest BCUT2D eigenvalue weighted by atomic mass is 35.5. The number of methoxy groups -OCH3 is 1. The predicted octanol–water partition coefficient (Wildman–Crippen LogP) is 6.71. The van der Waals surface area contributed by atoms with Crippen LogP contribution in [0.5, 0.6) is 11.5 Å². The molecular formula is C31H30Cl3NO4. The molecule has 0 aromatic heterocycles. The van der Waals surface area contributed by atoms with Crippen LogP contribution in [0.2, 0.25) is 15.1 Å². The van der Waals surface area contributed by atoms with Crippen molar-refractivity contribution in [3.05, 3.63) is 67.7 Å². The second-order valence-electron chi connectivity index (χ2n) is 12.4. The van der Waals surface area contributed by atoms with Crippen LogP contribution in [0.1, 0.15) is 48.8 Å². The van der Waals surface area contributed by atoms with Crippen molar-refractivity contribution in [1.82, 2.24) is 4.90 Å². The second kappa shape index (κ2) is 8.17. The third-order valence-corrected chi connectivity index (χ3v) is 11.5.